The highest BCUT2D eigenvalue weighted by Gasteiger charge is 2.33. The molecule has 6 nitrogen and oxygen atoms in total. The predicted octanol–water partition coefficient (Wildman–Crippen LogP) is 4.63. The molecule has 0 saturated carbocycles. The van der Waals surface area contributed by atoms with E-state index >= 15 is 0 Å². The summed E-state index contributed by atoms with van der Waals surface area (Å²) in [4.78, 5) is 38.1. The molecule has 0 aliphatic carbocycles. The Labute approximate surface area is 210 Å². The lowest BCUT2D eigenvalue weighted by atomic mass is 10.0. The normalized spacial score (nSPS) is 13.9. The minimum Gasteiger partial charge on any atom is -0.462 e. The van der Waals surface area contributed by atoms with Gasteiger partial charge in [-0.25, -0.2) is 4.79 Å². The molecule has 1 aromatic heterocycles. The van der Waals surface area contributed by atoms with Crippen molar-refractivity contribution in [3.8, 4) is 30.4 Å². The monoisotopic (exact) mass is 479 g/mol. The summed E-state index contributed by atoms with van der Waals surface area (Å²) in [5, 5.41) is 0. The first-order valence-corrected chi connectivity index (χ1v) is 11.7. The largest absolute Gasteiger partial charge is 0.462 e. The summed E-state index contributed by atoms with van der Waals surface area (Å²) in [6, 6.07) is 18.8. The Morgan fingerprint density at radius 2 is 1.61 bits per heavy atom. The summed E-state index contributed by atoms with van der Waals surface area (Å²) >= 11 is 0. The molecule has 2 aromatic carbocycles. The average molecular weight is 480 g/mol. The van der Waals surface area contributed by atoms with Crippen molar-refractivity contribution in [1.29, 1.82) is 0 Å². The Morgan fingerprint density at radius 3 is 2.28 bits per heavy atom. The Hall–Kier alpha value is -4.55. The third-order valence-corrected chi connectivity index (χ3v) is 6.14. The van der Waals surface area contributed by atoms with E-state index in [9.17, 15) is 14.4 Å². The second-order valence-corrected chi connectivity index (χ2v) is 8.56. The average Bonchev–Trinajstić information content (AvgIpc) is 3.50. The molecule has 0 fully saturated rings. The maximum atomic E-state index is 12.9. The fourth-order valence-corrected chi connectivity index (χ4v) is 4.26. The molecular formula is C30H25NO5. The van der Waals surface area contributed by atoms with Crippen LogP contribution in [-0.2, 0) is 16.1 Å². The number of carbonyl (C=O) groups excluding carboxylic acids is 3. The standard InChI is InChI=1S/C30H25NO5/c1-3-8-21(9-4-2)20-35-29(33)23-12-14-24(15-13-23)36-30(34)25-18-19-31-26(25)16-17-27(31)28(32)22-10-6-5-7-11-22/h1-2,5-7,10-17,21,25H,8-9,18-20H2. The second-order valence-electron chi connectivity index (χ2n) is 8.56. The molecular weight excluding hydrogens is 454 g/mol. The minimum absolute atomic E-state index is 0.0803. The van der Waals surface area contributed by atoms with Gasteiger partial charge in [-0.05, 0) is 42.8 Å². The van der Waals surface area contributed by atoms with E-state index in [2.05, 4.69) is 11.8 Å². The quantitative estimate of drug-likeness (QED) is 0.194. The SMILES string of the molecule is C#CCC(CC#C)COC(=O)c1ccc(OC(=O)C2CCn3c(C(=O)c4ccccc4)ccc32)cc1. The van der Waals surface area contributed by atoms with Gasteiger partial charge in [0.15, 0.2) is 0 Å². The number of hydrogen-bond donors (Lipinski definition) is 0. The zero-order chi connectivity index (χ0) is 25.5. The molecule has 0 spiro atoms. The smallest absolute Gasteiger partial charge is 0.338 e. The van der Waals surface area contributed by atoms with Crippen LogP contribution in [0.15, 0.2) is 66.7 Å². The molecule has 0 amide bonds. The first kappa shape index (κ1) is 24.6. The second kappa shape index (κ2) is 11.3. The zero-order valence-corrected chi connectivity index (χ0v) is 19.7. The molecule has 36 heavy (non-hydrogen) atoms. The molecule has 1 unspecified atom stereocenters. The number of esters is 2. The van der Waals surface area contributed by atoms with E-state index in [0.29, 0.717) is 48.4 Å². The number of ether oxygens (including phenoxy) is 2. The summed E-state index contributed by atoms with van der Waals surface area (Å²) in [6.45, 7) is 0.696. The highest BCUT2D eigenvalue weighted by Crippen LogP contribution is 2.33. The van der Waals surface area contributed by atoms with Crippen molar-refractivity contribution in [2.75, 3.05) is 6.61 Å². The Bertz CT molecular complexity index is 1320. The lowest BCUT2D eigenvalue weighted by Crippen LogP contribution is -2.17. The molecule has 1 aliphatic heterocycles. The number of hydrogen-bond acceptors (Lipinski definition) is 5. The summed E-state index contributed by atoms with van der Waals surface area (Å²) in [7, 11) is 0. The van der Waals surface area contributed by atoms with Gasteiger partial charge < -0.3 is 14.0 Å². The van der Waals surface area contributed by atoms with E-state index in [1.54, 1.807) is 30.3 Å². The highest BCUT2D eigenvalue weighted by atomic mass is 16.5. The number of aromatic nitrogens is 1. The lowest BCUT2D eigenvalue weighted by Gasteiger charge is -2.12. The zero-order valence-electron chi connectivity index (χ0n) is 19.7. The molecule has 2 heterocycles. The van der Waals surface area contributed by atoms with Crippen molar-refractivity contribution in [3.05, 3.63) is 89.2 Å². The van der Waals surface area contributed by atoms with Gasteiger partial charge in [-0.2, -0.15) is 0 Å². The van der Waals surface area contributed by atoms with Crippen LogP contribution >= 0.6 is 0 Å². The van der Waals surface area contributed by atoms with Gasteiger partial charge in [-0.1, -0.05) is 30.3 Å². The van der Waals surface area contributed by atoms with Crippen LogP contribution in [0.2, 0.25) is 0 Å². The van der Waals surface area contributed by atoms with E-state index < -0.39 is 17.9 Å². The molecule has 0 radical (unpaired) electrons. The van der Waals surface area contributed by atoms with Crippen LogP contribution in [0.5, 0.6) is 5.75 Å². The first-order valence-electron chi connectivity index (χ1n) is 11.7. The van der Waals surface area contributed by atoms with Gasteiger partial charge in [0.25, 0.3) is 0 Å². The van der Waals surface area contributed by atoms with Gasteiger partial charge in [0, 0.05) is 36.6 Å². The van der Waals surface area contributed by atoms with Gasteiger partial charge in [-0.15, -0.1) is 24.7 Å². The molecule has 3 aromatic rings. The van der Waals surface area contributed by atoms with Gasteiger partial charge in [0.1, 0.15) is 5.75 Å². The lowest BCUT2D eigenvalue weighted by molar-refractivity contribution is -0.136. The van der Waals surface area contributed by atoms with Crippen molar-refractivity contribution in [3.63, 3.8) is 0 Å². The van der Waals surface area contributed by atoms with Crippen LogP contribution < -0.4 is 4.74 Å². The number of ketones is 1. The van der Waals surface area contributed by atoms with Crippen LogP contribution in [-0.4, -0.2) is 28.9 Å². The van der Waals surface area contributed by atoms with Gasteiger partial charge in [-0.3, -0.25) is 9.59 Å². The molecule has 0 saturated heterocycles. The number of fused-ring (bicyclic) bond motifs is 1. The molecule has 4 rings (SSSR count). The van der Waals surface area contributed by atoms with Crippen LogP contribution in [0, 0.1) is 30.6 Å². The molecule has 0 N–H and O–H groups in total. The van der Waals surface area contributed by atoms with Crippen molar-refractivity contribution >= 4 is 17.7 Å². The molecule has 180 valence electrons. The maximum absolute atomic E-state index is 12.9. The summed E-state index contributed by atoms with van der Waals surface area (Å²) in [5.74, 6) is 3.83. The number of nitrogens with zero attached hydrogens (tertiary/aromatic N) is 1. The summed E-state index contributed by atoms with van der Waals surface area (Å²) in [5.41, 5.74) is 2.24. The van der Waals surface area contributed by atoms with Crippen LogP contribution in [0.4, 0.5) is 0 Å². The number of benzene rings is 2. The van der Waals surface area contributed by atoms with E-state index in [4.69, 9.17) is 22.3 Å². The van der Waals surface area contributed by atoms with Gasteiger partial charge in [0.05, 0.1) is 23.8 Å². The van der Waals surface area contributed by atoms with E-state index in [0.717, 1.165) is 5.69 Å². The van der Waals surface area contributed by atoms with E-state index in [1.165, 1.54) is 12.1 Å². The molecule has 1 aliphatic rings. The minimum atomic E-state index is -0.504. The third kappa shape index (κ3) is 5.40. The summed E-state index contributed by atoms with van der Waals surface area (Å²) in [6.07, 6.45) is 12.1. The first-order chi connectivity index (χ1) is 17.5. The number of terminal acetylenes is 2. The van der Waals surface area contributed by atoms with Crippen molar-refractivity contribution < 1.29 is 23.9 Å². The fourth-order valence-electron chi connectivity index (χ4n) is 4.26. The Kier molecular flexibility index (Phi) is 7.68. The molecule has 6 heteroatoms. The predicted molar refractivity (Wildman–Crippen MR) is 134 cm³/mol. The van der Waals surface area contributed by atoms with E-state index in [-0.39, 0.29) is 18.3 Å². The molecule has 1 atom stereocenters. The van der Waals surface area contributed by atoms with Crippen molar-refractivity contribution in [1.82, 2.24) is 4.57 Å². The maximum Gasteiger partial charge on any atom is 0.338 e. The summed E-state index contributed by atoms with van der Waals surface area (Å²) < 4.78 is 12.8. The van der Waals surface area contributed by atoms with Crippen LogP contribution in [0.25, 0.3) is 0 Å². The van der Waals surface area contributed by atoms with Crippen molar-refractivity contribution in [2.45, 2.75) is 31.7 Å². The topological polar surface area (TPSA) is 74.6 Å². The Balaban J connectivity index is 1.37. The Morgan fingerprint density at radius 1 is 0.917 bits per heavy atom. The third-order valence-electron chi connectivity index (χ3n) is 6.14. The highest BCUT2D eigenvalue weighted by molar-refractivity contribution is 6.08. The van der Waals surface area contributed by atoms with E-state index in [1.807, 2.05) is 28.8 Å². The number of carbonyl (C=O) groups is 3. The van der Waals surface area contributed by atoms with Crippen LogP contribution in [0.1, 0.15) is 57.3 Å². The fraction of sp³-hybridized carbons (Fsp3) is 0.233. The number of rotatable bonds is 9. The van der Waals surface area contributed by atoms with Crippen molar-refractivity contribution in [2.24, 2.45) is 5.92 Å². The van der Waals surface area contributed by atoms with Gasteiger partial charge in [0.2, 0.25) is 5.78 Å². The van der Waals surface area contributed by atoms with Gasteiger partial charge >= 0.3 is 11.9 Å². The van der Waals surface area contributed by atoms with Crippen LogP contribution in [0.3, 0.4) is 0 Å². The molecule has 0 bridgehead atoms.